The van der Waals surface area contributed by atoms with Gasteiger partial charge in [-0.2, -0.15) is 0 Å². The maximum absolute atomic E-state index is 12.9. The molecule has 4 rings (SSSR count). The number of aromatic nitrogens is 2. The normalized spacial score (nSPS) is 12.1. The van der Waals surface area contributed by atoms with Crippen LogP contribution >= 0.6 is 23.1 Å². The fourth-order valence-electron chi connectivity index (χ4n) is 3.29. The summed E-state index contributed by atoms with van der Waals surface area (Å²) in [4.78, 5) is 22.8. The molecule has 158 valence electrons. The average Bonchev–Trinajstić information content (AvgIpc) is 3.24. The van der Waals surface area contributed by atoms with E-state index in [4.69, 9.17) is 0 Å². The first-order valence-corrected chi connectivity index (χ1v) is 11.9. The smallest absolute Gasteiger partial charge is 0.237 e. The van der Waals surface area contributed by atoms with E-state index in [0.29, 0.717) is 12.1 Å². The topological polar surface area (TPSA) is 75.1 Å². The van der Waals surface area contributed by atoms with Gasteiger partial charge in [0.1, 0.15) is 21.9 Å². The van der Waals surface area contributed by atoms with Gasteiger partial charge in [0.2, 0.25) is 5.91 Å². The average molecular weight is 450 g/mol. The molecule has 0 saturated heterocycles. The van der Waals surface area contributed by atoms with Gasteiger partial charge in [-0.25, -0.2) is 9.97 Å². The molecule has 2 aromatic heterocycles. The lowest BCUT2D eigenvalue weighted by atomic mass is 10.0. The largest absolute Gasteiger partial charge is 0.508 e. The lowest BCUT2D eigenvalue weighted by Gasteiger charge is -2.15. The zero-order valence-electron chi connectivity index (χ0n) is 17.3. The molecule has 0 bridgehead atoms. The second kappa shape index (κ2) is 9.49. The van der Waals surface area contributed by atoms with E-state index in [1.807, 2.05) is 6.92 Å². The Kier molecular flexibility index (Phi) is 6.53. The van der Waals surface area contributed by atoms with E-state index in [1.165, 1.54) is 17.3 Å². The Morgan fingerprint density at radius 2 is 1.84 bits per heavy atom. The number of aryl methyl sites for hydroxylation is 1. The number of amides is 1. The van der Waals surface area contributed by atoms with Crippen molar-refractivity contribution in [2.24, 2.45) is 0 Å². The second-order valence-electron chi connectivity index (χ2n) is 7.11. The molecule has 0 aliphatic rings. The number of aromatic hydroxyl groups is 1. The molecule has 0 saturated carbocycles. The molecule has 2 aromatic carbocycles. The summed E-state index contributed by atoms with van der Waals surface area (Å²) in [5, 5.41) is 16.0. The highest BCUT2D eigenvalue weighted by Crippen LogP contribution is 2.39. The quantitative estimate of drug-likeness (QED) is 0.201. The zero-order valence-corrected chi connectivity index (χ0v) is 19.0. The van der Waals surface area contributed by atoms with Gasteiger partial charge in [-0.05, 0) is 48.2 Å². The van der Waals surface area contributed by atoms with Crippen molar-refractivity contribution in [3.8, 4) is 16.9 Å². The van der Waals surface area contributed by atoms with Crippen LogP contribution in [-0.2, 0) is 11.2 Å². The maximum atomic E-state index is 12.9. The molecule has 7 heteroatoms. The number of thiophene rings is 1. The van der Waals surface area contributed by atoms with Crippen LogP contribution in [0.15, 0.2) is 65.3 Å². The summed E-state index contributed by atoms with van der Waals surface area (Å²) in [6, 6.07) is 15.0. The number of nitrogens with one attached hydrogen (secondary N) is 1. The number of phenols is 1. The number of phenolic OH excluding ortho intramolecular Hbond substituents is 1. The van der Waals surface area contributed by atoms with Crippen molar-refractivity contribution in [1.29, 1.82) is 0 Å². The van der Waals surface area contributed by atoms with Gasteiger partial charge in [-0.3, -0.25) is 4.79 Å². The Bertz CT molecular complexity index is 1190. The highest BCUT2D eigenvalue weighted by Gasteiger charge is 2.22. The molecule has 5 nitrogen and oxygen atoms in total. The van der Waals surface area contributed by atoms with Crippen LogP contribution in [0.1, 0.15) is 25.8 Å². The number of benzene rings is 2. The summed E-state index contributed by atoms with van der Waals surface area (Å²) in [5.74, 6) is 0.0776. The third-order valence-electron chi connectivity index (χ3n) is 5.06. The first-order chi connectivity index (χ1) is 15.1. The Hall–Kier alpha value is -2.90. The first kappa shape index (κ1) is 21.3. The predicted molar refractivity (Wildman–Crippen MR) is 129 cm³/mol. The monoisotopic (exact) mass is 449 g/mol. The molecular weight excluding hydrogens is 426 g/mol. The fraction of sp³-hybridized carbons (Fsp3) is 0.208. The number of rotatable bonds is 7. The first-order valence-electron chi connectivity index (χ1n) is 10.2. The number of hydrogen-bond donors (Lipinski definition) is 2. The van der Waals surface area contributed by atoms with E-state index in [0.717, 1.165) is 32.8 Å². The van der Waals surface area contributed by atoms with Crippen molar-refractivity contribution in [1.82, 2.24) is 9.97 Å². The molecule has 0 spiro atoms. The third kappa shape index (κ3) is 4.73. The lowest BCUT2D eigenvalue weighted by Crippen LogP contribution is -2.24. The summed E-state index contributed by atoms with van der Waals surface area (Å²) >= 11 is 3.06. The lowest BCUT2D eigenvalue weighted by molar-refractivity contribution is -0.115. The summed E-state index contributed by atoms with van der Waals surface area (Å²) in [5.41, 5.74) is 4.18. The summed E-state index contributed by atoms with van der Waals surface area (Å²) in [7, 11) is 0. The number of fused-ring (bicyclic) bond motifs is 1. The van der Waals surface area contributed by atoms with Crippen molar-refractivity contribution in [3.63, 3.8) is 0 Å². The molecule has 1 atom stereocenters. The number of carbonyl (C=O) groups excluding carboxylic acids is 1. The Morgan fingerprint density at radius 1 is 1.10 bits per heavy atom. The number of carbonyl (C=O) groups is 1. The van der Waals surface area contributed by atoms with Crippen LogP contribution in [0.2, 0.25) is 0 Å². The molecular formula is C24H23N3O2S2. The fourth-order valence-corrected chi connectivity index (χ4v) is 5.31. The van der Waals surface area contributed by atoms with Crippen molar-refractivity contribution in [2.75, 3.05) is 5.32 Å². The van der Waals surface area contributed by atoms with Crippen molar-refractivity contribution >= 4 is 44.9 Å². The van der Waals surface area contributed by atoms with Crippen LogP contribution in [-0.4, -0.2) is 26.2 Å². The molecule has 2 heterocycles. The van der Waals surface area contributed by atoms with Gasteiger partial charge in [0, 0.05) is 16.6 Å². The Labute approximate surface area is 189 Å². The van der Waals surface area contributed by atoms with E-state index in [9.17, 15) is 9.90 Å². The predicted octanol–water partition coefficient (Wildman–Crippen LogP) is 6.14. The standard InChI is InChI=1S/C24H23N3O2S2/c1-3-15-5-7-16(8-6-15)19-13-30-23-21(19)24(26-14-25-23)31-20(4-2)22(29)27-17-9-11-18(28)12-10-17/h5-14,20,28H,3-4H2,1-2H3,(H,27,29). The zero-order chi connectivity index (χ0) is 21.8. The van der Waals surface area contributed by atoms with E-state index in [2.05, 4.69) is 51.9 Å². The van der Waals surface area contributed by atoms with Gasteiger partial charge in [-0.15, -0.1) is 11.3 Å². The van der Waals surface area contributed by atoms with Crippen LogP contribution < -0.4 is 5.32 Å². The molecule has 0 aliphatic heterocycles. The number of nitrogens with zero attached hydrogens (tertiary/aromatic N) is 2. The van der Waals surface area contributed by atoms with Gasteiger partial charge in [0.15, 0.2) is 0 Å². The minimum atomic E-state index is -0.304. The van der Waals surface area contributed by atoms with Gasteiger partial charge >= 0.3 is 0 Å². The van der Waals surface area contributed by atoms with Crippen molar-refractivity contribution in [3.05, 3.63) is 65.8 Å². The Balaban J connectivity index is 1.62. The molecule has 2 N–H and O–H groups in total. The van der Waals surface area contributed by atoms with Crippen molar-refractivity contribution < 1.29 is 9.90 Å². The van der Waals surface area contributed by atoms with Crippen LogP contribution in [0.25, 0.3) is 21.3 Å². The SMILES string of the molecule is CCc1ccc(-c2csc3ncnc(SC(CC)C(=O)Nc4ccc(O)cc4)c23)cc1. The highest BCUT2D eigenvalue weighted by atomic mass is 32.2. The van der Waals surface area contributed by atoms with E-state index in [1.54, 1.807) is 41.9 Å². The van der Waals surface area contributed by atoms with Crippen LogP contribution in [0, 0.1) is 0 Å². The summed E-state index contributed by atoms with van der Waals surface area (Å²) in [6.45, 7) is 4.14. The minimum Gasteiger partial charge on any atom is -0.508 e. The highest BCUT2D eigenvalue weighted by molar-refractivity contribution is 8.00. The molecule has 31 heavy (non-hydrogen) atoms. The minimum absolute atomic E-state index is 0.0889. The van der Waals surface area contributed by atoms with Crippen LogP contribution in [0.5, 0.6) is 5.75 Å². The van der Waals surface area contributed by atoms with Crippen LogP contribution in [0.3, 0.4) is 0 Å². The molecule has 1 amide bonds. The third-order valence-corrected chi connectivity index (χ3v) is 7.31. The summed E-state index contributed by atoms with van der Waals surface area (Å²) in [6.07, 6.45) is 3.23. The van der Waals surface area contributed by atoms with Gasteiger partial charge < -0.3 is 10.4 Å². The van der Waals surface area contributed by atoms with Crippen LogP contribution in [0.4, 0.5) is 5.69 Å². The van der Waals surface area contributed by atoms with E-state index in [-0.39, 0.29) is 16.9 Å². The van der Waals surface area contributed by atoms with E-state index < -0.39 is 0 Å². The van der Waals surface area contributed by atoms with Gasteiger partial charge in [0.25, 0.3) is 0 Å². The number of thioether (sulfide) groups is 1. The number of hydrogen-bond acceptors (Lipinski definition) is 6. The maximum Gasteiger partial charge on any atom is 0.237 e. The summed E-state index contributed by atoms with van der Waals surface area (Å²) < 4.78 is 0. The molecule has 0 aliphatic carbocycles. The van der Waals surface area contributed by atoms with Gasteiger partial charge in [-0.1, -0.05) is 49.9 Å². The Morgan fingerprint density at radius 3 is 2.52 bits per heavy atom. The molecule has 0 radical (unpaired) electrons. The van der Waals surface area contributed by atoms with Crippen molar-refractivity contribution in [2.45, 2.75) is 37.0 Å². The van der Waals surface area contributed by atoms with Gasteiger partial charge in [0.05, 0.1) is 10.6 Å². The number of anilines is 1. The van der Waals surface area contributed by atoms with E-state index >= 15 is 0 Å². The second-order valence-corrected chi connectivity index (χ2v) is 9.16. The molecule has 0 fully saturated rings. The molecule has 1 unspecified atom stereocenters. The molecule has 4 aromatic rings.